The minimum absolute atomic E-state index is 0.121. The molecule has 0 spiro atoms. The Kier molecular flexibility index (Phi) is 6.20. The van der Waals surface area contributed by atoms with Crippen LogP contribution in [0.3, 0.4) is 0 Å². The van der Waals surface area contributed by atoms with Crippen molar-refractivity contribution in [1.82, 2.24) is 5.32 Å². The highest BCUT2D eigenvalue weighted by atomic mass is 79.9. The third-order valence-corrected chi connectivity index (χ3v) is 5.31. The van der Waals surface area contributed by atoms with E-state index >= 15 is 0 Å². The van der Waals surface area contributed by atoms with Gasteiger partial charge in [-0.15, -0.1) is 0 Å². The molecule has 0 aliphatic carbocycles. The molecule has 1 rings (SSSR count). The molecule has 1 heterocycles. The highest BCUT2D eigenvalue weighted by Gasteiger charge is 2.25. The van der Waals surface area contributed by atoms with Crippen molar-refractivity contribution in [2.24, 2.45) is 5.41 Å². The standard InChI is InChI=1S/C13H20BrNOS/c1-3-13(4-2,9-14)10-15-12(16)7-11-5-6-17-8-11/h5-6,8H,3-4,7,9-10H2,1-2H3,(H,15,16). The molecule has 96 valence electrons. The zero-order valence-electron chi connectivity index (χ0n) is 10.5. The lowest BCUT2D eigenvalue weighted by atomic mass is 9.84. The van der Waals surface area contributed by atoms with Crippen molar-refractivity contribution in [1.29, 1.82) is 0 Å². The summed E-state index contributed by atoms with van der Waals surface area (Å²) in [4.78, 5) is 11.8. The Morgan fingerprint density at radius 2 is 2.18 bits per heavy atom. The Morgan fingerprint density at radius 3 is 2.65 bits per heavy atom. The van der Waals surface area contributed by atoms with E-state index in [2.05, 4.69) is 35.1 Å². The molecule has 1 aromatic rings. The lowest BCUT2D eigenvalue weighted by Gasteiger charge is -2.29. The summed E-state index contributed by atoms with van der Waals surface area (Å²) < 4.78 is 0. The first kappa shape index (κ1) is 14.7. The molecule has 1 amide bonds. The summed E-state index contributed by atoms with van der Waals surface area (Å²) in [5, 5.41) is 8.01. The first-order chi connectivity index (χ1) is 8.15. The minimum Gasteiger partial charge on any atom is -0.355 e. The van der Waals surface area contributed by atoms with Crippen LogP contribution in [-0.4, -0.2) is 17.8 Å². The summed E-state index contributed by atoms with van der Waals surface area (Å²) in [6.45, 7) is 5.11. The van der Waals surface area contributed by atoms with Crippen LogP contribution >= 0.6 is 27.3 Å². The molecule has 0 radical (unpaired) electrons. The van der Waals surface area contributed by atoms with E-state index in [4.69, 9.17) is 0 Å². The van der Waals surface area contributed by atoms with Gasteiger partial charge in [0, 0.05) is 11.9 Å². The van der Waals surface area contributed by atoms with Gasteiger partial charge in [0.2, 0.25) is 5.91 Å². The maximum Gasteiger partial charge on any atom is 0.224 e. The van der Waals surface area contributed by atoms with E-state index in [0.717, 1.165) is 30.3 Å². The summed E-state index contributed by atoms with van der Waals surface area (Å²) in [7, 11) is 0. The van der Waals surface area contributed by atoms with Crippen molar-refractivity contribution in [2.75, 3.05) is 11.9 Å². The van der Waals surface area contributed by atoms with Gasteiger partial charge in [-0.2, -0.15) is 11.3 Å². The number of hydrogen-bond donors (Lipinski definition) is 1. The molecule has 0 unspecified atom stereocenters. The number of hydrogen-bond acceptors (Lipinski definition) is 2. The maximum absolute atomic E-state index is 11.8. The van der Waals surface area contributed by atoms with E-state index in [9.17, 15) is 4.79 Å². The molecule has 0 aliphatic rings. The lowest BCUT2D eigenvalue weighted by Crippen LogP contribution is -2.38. The van der Waals surface area contributed by atoms with Gasteiger partial charge in [-0.3, -0.25) is 4.79 Å². The topological polar surface area (TPSA) is 29.1 Å². The number of carbonyl (C=O) groups is 1. The first-order valence-corrected chi connectivity index (χ1v) is 8.06. The van der Waals surface area contributed by atoms with E-state index in [1.54, 1.807) is 11.3 Å². The van der Waals surface area contributed by atoms with Gasteiger partial charge in [-0.05, 0) is 40.6 Å². The van der Waals surface area contributed by atoms with Gasteiger partial charge in [-0.1, -0.05) is 29.8 Å². The fourth-order valence-electron chi connectivity index (χ4n) is 1.66. The molecular weight excluding hydrogens is 298 g/mol. The quantitative estimate of drug-likeness (QED) is 0.765. The van der Waals surface area contributed by atoms with E-state index < -0.39 is 0 Å². The Bertz CT molecular complexity index is 325. The van der Waals surface area contributed by atoms with E-state index in [0.29, 0.717) is 6.42 Å². The molecule has 1 N–H and O–H groups in total. The van der Waals surface area contributed by atoms with Gasteiger partial charge < -0.3 is 5.32 Å². The number of carbonyl (C=O) groups excluding carboxylic acids is 1. The van der Waals surface area contributed by atoms with Crippen LogP contribution < -0.4 is 5.32 Å². The number of halogens is 1. The van der Waals surface area contributed by atoms with Crippen LogP contribution in [0.25, 0.3) is 0 Å². The van der Waals surface area contributed by atoms with Crippen LogP contribution in [0.1, 0.15) is 32.3 Å². The molecule has 2 nitrogen and oxygen atoms in total. The predicted octanol–water partition coefficient (Wildman–Crippen LogP) is 3.61. The predicted molar refractivity (Wildman–Crippen MR) is 77.8 cm³/mol. The van der Waals surface area contributed by atoms with Crippen LogP contribution in [0.2, 0.25) is 0 Å². The number of thiophene rings is 1. The molecule has 0 saturated heterocycles. The van der Waals surface area contributed by atoms with Crippen molar-refractivity contribution in [3.05, 3.63) is 22.4 Å². The summed E-state index contributed by atoms with van der Waals surface area (Å²) in [6.07, 6.45) is 2.65. The number of alkyl halides is 1. The van der Waals surface area contributed by atoms with Crippen molar-refractivity contribution < 1.29 is 4.79 Å². The van der Waals surface area contributed by atoms with Crippen LogP contribution in [-0.2, 0) is 11.2 Å². The molecule has 0 aromatic carbocycles. The van der Waals surface area contributed by atoms with Crippen molar-refractivity contribution in [3.63, 3.8) is 0 Å². The second-order valence-corrected chi connectivity index (χ2v) is 5.77. The molecule has 0 saturated carbocycles. The average Bonchev–Trinajstić information content (AvgIpc) is 2.84. The molecule has 0 atom stereocenters. The Morgan fingerprint density at radius 1 is 1.47 bits per heavy atom. The summed E-state index contributed by atoms with van der Waals surface area (Å²) in [5.74, 6) is 0.121. The number of nitrogens with one attached hydrogen (secondary N) is 1. The monoisotopic (exact) mass is 317 g/mol. The zero-order valence-corrected chi connectivity index (χ0v) is 12.9. The van der Waals surface area contributed by atoms with Gasteiger partial charge in [0.25, 0.3) is 0 Å². The summed E-state index contributed by atoms with van der Waals surface area (Å²) in [5.41, 5.74) is 1.30. The smallest absolute Gasteiger partial charge is 0.224 e. The number of amides is 1. The van der Waals surface area contributed by atoms with Crippen LogP contribution in [0.15, 0.2) is 16.8 Å². The fourth-order valence-corrected chi connectivity index (χ4v) is 3.32. The van der Waals surface area contributed by atoms with E-state index in [-0.39, 0.29) is 11.3 Å². The molecule has 17 heavy (non-hydrogen) atoms. The SMILES string of the molecule is CCC(CC)(CBr)CNC(=O)Cc1ccsc1. The van der Waals surface area contributed by atoms with Crippen molar-refractivity contribution in [3.8, 4) is 0 Å². The summed E-state index contributed by atoms with van der Waals surface area (Å²) >= 11 is 5.19. The fraction of sp³-hybridized carbons (Fsp3) is 0.615. The molecule has 0 aliphatic heterocycles. The second-order valence-electron chi connectivity index (χ2n) is 4.43. The Hall–Kier alpha value is -0.350. The molecule has 0 fully saturated rings. The first-order valence-electron chi connectivity index (χ1n) is 5.99. The van der Waals surface area contributed by atoms with Gasteiger partial charge in [0.05, 0.1) is 6.42 Å². The summed E-state index contributed by atoms with van der Waals surface area (Å²) in [6, 6.07) is 2.00. The van der Waals surface area contributed by atoms with Crippen LogP contribution in [0.4, 0.5) is 0 Å². The minimum atomic E-state index is 0.121. The zero-order chi connectivity index (χ0) is 12.7. The lowest BCUT2D eigenvalue weighted by molar-refractivity contribution is -0.120. The third kappa shape index (κ3) is 4.43. The number of rotatable bonds is 7. The van der Waals surface area contributed by atoms with E-state index in [1.807, 2.05) is 16.8 Å². The molecule has 4 heteroatoms. The largest absolute Gasteiger partial charge is 0.355 e. The molecule has 1 aromatic heterocycles. The van der Waals surface area contributed by atoms with Gasteiger partial charge in [-0.25, -0.2) is 0 Å². The van der Waals surface area contributed by atoms with Gasteiger partial charge in [0.1, 0.15) is 0 Å². The Labute approximate surface area is 116 Å². The highest BCUT2D eigenvalue weighted by Crippen LogP contribution is 2.27. The normalized spacial score (nSPS) is 11.5. The Balaban J connectivity index is 2.41. The molecule has 0 bridgehead atoms. The maximum atomic E-state index is 11.8. The third-order valence-electron chi connectivity index (χ3n) is 3.39. The molecular formula is C13H20BrNOS. The van der Waals surface area contributed by atoms with Crippen molar-refractivity contribution in [2.45, 2.75) is 33.1 Å². The second kappa shape index (κ2) is 7.17. The average molecular weight is 318 g/mol. The van der Waals surface area contributed by atoms with Crippen LogP contribution in [0, 0.1) is 5.41 Å². The highest BCUT2D eigenvalue weighted by molar-refractivity contribution is 9.09. The van der Waals surface area contributed by atoms with Crippen molar-refractivity contribution >= 4 is 33.2 Å². The van der Waals surface area contributed by atoms with E-state index in [1.165, 1.54) is 0 Å². The van der Waals surface area contributed by atoms with Gasteiger partial charge in [0.15, 0.2) is 0 Å². The van der Waals surface area contributed by atoms with Gasteiger partial charge >= 0.3 is 0 Å². The van der Waals surface area contributed by atoms with Crippen LogP contribution in [0.5, 0.6) is 0 Å².